The Bertz CT molecular complexity index is 1700. The summed E-state index contributed by atoms with van der Waals surface area (Å²) in [5.74, 6) is 1.58. The van der Waals surface area contributed by atoms with E-state index >= 15 is 0 Å². The average molecular weight is 497 g/mol. The quantitative estimate of drug-likeness (QED) is 0.463. The summed E-state index contributed by atoms with van der Waals surface area (Å²) < 4.78 is 13.7. The van der Waals surface area contributed by atoms with E-state index in [1.54, 1.807) is 43.1 Å². The molecule has 1 atom stereocenters. The first kappa shape index (κ1) is 22.4. The lowest BCUT2D eigenvalue weighted by molar-refractivity contribution is 0.392. The van der Waals surface area contributed by atoms with Gasteiger partial charge in [-0.25, -0.2) is 4.99 Å². The third-order valence-electron chi connectivity index (χ3n) is 6.80. The zero-order valence-electron chi connectivity index (χ0n) is 19.9. The third kappa shape index (κ3) is 3.63. The molecule has 4 aromatic rings. The van der Waals surface area contributed by atoms with Crippen LogP contribution < -0.4 is 24.4 Å². The zero-order chi connectivity index (χ0) is 24.8. The summed E-state index contributed by atoms with van der Waals surface area (Å²) in [6, 6.07) is 20.5. The molecule has 2 heterocycles. The fourth-order valence-corrected chi connectivity index (χ4v) is 6.07. The molecule has 6 rings (SSSR count). The lowest BCUT2D eigenvalue weighted by atomic mass is 9.83. The number of aromatic hydroxyl groups is 1. The Morgan fingerprint density at radius 3 is 2.61 bits per heavy atom. The molecule has 0 radical (unpaired) electrons. The standard InChI is InChI=1S/C29H24N2O4S/c1-34-20-12-14-24(35-2)23(16-20)27-22-13-9-18-5-3-4-6-21(18)26(22)30-29-31(27)28(33)25(36-29)15-17-7-10-19(32)11-8-17/h3-8,10-12,14-16,27,32H,9,13H2,1-2H3/b25-15+. The number of benzene rings is 3. The summed E-state index contributed by atoms with van der Waals surface area (Å²) in [4.78, 5) is 19.6. The highest BCUT2D eigenvalue weighted by Gasteiger charge is 2.34. The number of hydrogen-bond donors (Lipinski definition) is 1. The molecule has 1 aliphatic carbocycles. The average Bonchev–Trinajstić information content (AvgIpc) is 3.22. The summed E-state index contributed by atoms with van der Waals surface area (Å²) in [7, 11) is 3.28. The number of ether oxygens (including phenoxy) is 2. The van der Waals surface area contributed by atoms with E-state index in [0.29, 0.717) is 20.8 Å². The molecule has 0 bridgehead atoms. The van der Waals surface area contributed by atoms with Gasteiger partial charge in [-0.2, -0.15) is 0 Å². The fourth-order valence-electron chi connectivity index (χ4n) is 5.07. The Labute approximate surface area is 211 Å². The summed E-state index contributed by atoms with van der Waals surface area (Å²) in [6.45, 7) is 0. The van der Waals surface area contributed by atoms with E-state index in [1.807, 2.05) is 30.3 Å². The van der Waals surface area contributed by atoms with Crippen LogP contribution in [0.1, 0.15) is 34.7 Å². The SMILES string of the molecule is COc1ccc(OC)c(C2C3=C(N=c4s/c(=C/c5ccc(O)cc5)c(=O)n42)c2ccccc2CC3)c1. The van der Waals surface area contributed by atoms with E-state index in [4.69, 9.17) is 14.5 Å². The van der Waals surface area contributed by atoms with Crippen LogP contribution in [0.5, 0.6) is 17.2 Å². The minimum atomic E-state index is -0.364. The van der Waals surface area contributed by atoms with Gasteiger partial charge in [0.25, 0.3) is 5.56 Å². The molecule has 1 unspecified atom stereocenters. The number of methoxy groups -OCH3 is 2. The fraction of sp³-hybridized carbons (Fsp3) is 0.172. The van der Waals surface area contributed by atoms with Gasteiger partial charge in [-0.1, -0.05) is 47.7 Å². The molecule has 1 aromatic heterocycles. The number of phenols is 1. The van der Waals surface area contributed by atoms with Crippen LogP contribution in [0.15, 0.2) is 82.1 Å². The Kier molecular flexibility index (Phi) is 5.49. The van der Waals surface area contributed by atoms with Gasteiger partial charge in [0.15, 0.2) is 4.80 Å². The van der Waals surface area contributed by atoms with Crippen molar-refractivity contribution in [1.29, 1.82) is 0 Å². The van der Waals surface area contributed by atoms with Crippen molar-refractivity contribution in [2.24, 2.45) is 4.99 Å². The number of thiazole rings is 1. The molecule has 0 spiro atoms. The molecular weight excluding hydrogens is 472 g/mol. The number of rotatable bonds is 4. The number of aryl methyl sites for hydroxylation is 1. The highest BCUT2D eigenvalue weighted by atomic mass is 32.1. The third-order valence-corrected chi connectivity index (χ3v) is 7.78. The van der Waals surface area contributed by atoms with Crippen LogP contribution in [-0.4, -0.2) is 23.9 Å². The first-order valence-corrected chi connectivity index (χ1v) is 12.5. The van der Waals surface area contributed by atoms with Gasteiger partial charge in [-0.15, -0.1) is 0 Å². The van der Waals surface area contributed by atoms with Gasteiger partial charge in [-0.05, 0) is 65.9 Å². The Balaban J connectivity index is 1.65. The first-order chi connectivity index (χ1) is 17.6. The van der Waals surface area contributed by atoms with Crippen LogP contribution >= 0.6 is 11.3 Å². The van der Waals surface area contributed by atoms with Crippen molar-refractivity contribution in [2.75, 3.05) is 14.2 Å². The molecule has 0 saturated heterocycles. The monoisotopic (exact) mass is 496 g/mol. The van der Waals surface area contributed by atoms with E-state index in [-0.39, 0.29) is 17.4 Å². The molecule has 0 fully saturated rings. The van der Waals surface area contributed by atoms with Crippen LogP contribution in [0.25, 0.3) is 11.8 Å². The number of fused-ring (bicyclic) bond motifs is 3. The van der Waals surface area contributed by atoms with Crippen molar-refractivity contribution >= 4 is 23.1 Å². The minimum Gasteiger partial charge on any atom is -0.508 e. The van der Waals surface area contributed by atoms with Crippen molar-refractivity contribution in [1.82, 2.24) is 4.57 Å². The van der Waals surface area contributed by atoms with Gasteiger partial charge in [-0.3, -0.25) is 9.36 Å². The van der Waals surface area contributed by atoms with Gasteiger partial charge in [0.05, 0.1) is 30.5 Å². The molecule has 3 aromatic carbocycles. The molecule has 180 valence electrons. The maximum absolute atomic E-state index is 13.9. The largest absolute Gasteiger partial charge is 0.508 e. The van der Waals surface area contributed by atoms with E-state index in [0.717, 1.165) is 40.8 Å². The van der Waals surface area contributed by atoms with E-state index in [1.165, 1.54) is 16.9 Å². The Morgan fingerprint density at radius 2 is 1.83 bits per heavy atom. The topological polar surface area (TPSA) is 73.1 Å². The van der Waals surface area contributed by atoms with E-state index in [9.17, 15) is 9.90 Å². The van der Waals surface area contributed by atoms with Crippen LogP contribution in [0, 0.1) is 0 Å². The predicted octanol–water partition coefficient (Wildman–Crippen LogP) is 4.04. The molecule has 2 aliphatic rings. The van der Waals surface area contributed by atoms with Crippen molar-refractivity contribution in [2.45, 2.75) is 18.9 Å². The summed E-state index contributed by atoms with van der Waals surface area (Å²) >= 11 is 1.37. The van der Waals surface area contributed by atoms with Gasteiger partial charge in [0.1, 0.15) is 17.2 Å². The number of aromatic nitrogens is 1. The zero-order valence-corrected chi connectivity index (χ0v) is 20.7. The number of hydrogen-bond acceptors (Lipinski definition) is 6. The second-order valence-corrected chi connectivity index (χ2v) is 9.82. The van der Waals surface area contributed by atoms with Crippen molar-refractivity contribution in [3.8, 4) is 17.2 Å². The molecule has 6 nitrogen and oxygen atoms in total. The van der Waals surface area contributed by atoms with Gasteiger partial charge in [0, 0.05) is 11.1 Å². The molecular formula is C29H24N2O4S. The molecule has 0 amide bonds. The first-order valence-electron chi connectivity index (χ1n) is 11.7. The molecule has 7 heteroatoms. The van der Waals surface area contributed by atoms with Crippen LogP contribution in [0.3, 0.4) is 0 Å². The lowest BCUT2D eigenvalue weighted by Gasteiger charge is -2.31. The van der Waals surface area contributed by atoms with Crippen molar-refractivity contribution in [3.05, 3.63) is 114 Å². The molecule has 0 saturated carbocycles. The summed E-state index contributed by atoms with van der Waals surface area (Å²) in [5, 5.41) is 9.64. The molecule has 1 aliphatic heterocycles. The van der Waals surface area contributed by atoms with Gasteiger partial charge < -0.3 is 14.6 Å². The normalized spacial score (nSPS) is 16.6. The Morgan fingerprint density at radius 1 is 1.03 bits per heavy atom. The molecule has 36 heavy (non-hydrogen) atoms. The van der Waals surface area contributed by atoms with Gasteiger partial charge >= 0.3 is 0 Å². The van der Waals surface area contributed by atoms with E-state index < -0.39 is 0 Å². The number of phenolic OH excluding ortho intramolecular Hbond substituents is 1. The predicted molar refractivity (Wildman–Crippen MR) is 140 cm³/mol. The second-order valence-electron chi connectivity index (χ2n) is 8.81. The smallest absolute Gasteiger partial charge is 0.271 e. The van der Waals surface area contributed by atoms with Crippen molar-refractivity contribution in [3.63, 3.8) is 0 Å². The maximum atomic E-state index is 13.9. The highest BCUT2D eigenvalue weighted by Crippen LogP contribution is 2.44. The maximum Gasteiger partial charge on any atom is 0.271 e. The highest BCUT2D eigenvalue weighted by molar-refractivity contribution is 7.07. The van der Waals surface area contributed by atoms with Crippen LogP contribution in [-0.2, 0) is 6.42 Å². The van der Waals surface area contributed by atoms with Crippen LogP contribution in [0.2, 0.25) is 0 Å². The molecule has 1 N–H and O–H groups in total. The second kappa shape index (κ2) is 8.84. The Hall–Kier alpha value is -4.10. The summed E-state index contributed by atoms with van der Waals surface area (Å²) in [6.07, 6.45) is 3.52. The summed E-state index contributed by atoms with van der Waals surface area (Å²) in [5.41, 5.74) is 6.01. The van der Waals surface area contributed by atoms with E-state index in [2.05, 4.69) is 18.2 Å². The minimum absolute atomic E-state index is 0.105. The number of allylic oxidation sites excluding steroid dienone is 1. The van der Waals surface area contributed by atoms with Crippen molar-refractivity contribution < 1.29 is 14.6 Å². The van der Waals surface area contributed by atoms with Crippen LogP contribution in [0.4, 0.5) is 0 Å². The van der Waals surface area contributed by atoms with Gasteiger partial charge in [0.2, 0.25) is 0 Å². The lowest BCUT2D eigenvalue weighted by Crippen LogP contribution is -2.39. The number of nitrogens with zero attached hydrogens (tertiary/aromatic N) is 2.